The first-order chi connectivity index (χ1) is 14.6. The van der Waals surface area contributed by atoms with E-state index >= 15 is 0 Å². The maximum Gasteiger partial charge on any atom is 0.191 e. The summed E-state index contributed by atoms with van der Waals surface area (Å²) in [6, 6.07) is 9.96. The second-order valence-corrected chi connectivity index (χ2v) is 9.02. The topological polar surface area (TPSA) is 63.1 Å². The fraction of sp³-hybridized carbons (Fsp3) is 0.708. The summed E-state index contributed by atoms with van der Waals surface area (Å²) in [5.74, 6) is 1.40. The lowest BCUT2D eigenvalue weighted by Crippen LogP contribution is -2.49. The van der Waals surface area contributed by atoms with Crippen molar-refractivity contribution in [3.63, 3.8) is 0 Å². The molecule has 1 aromatic carbocycles. The van der Waals surface area contributed by atoms with Gasteiger partial charge in [-0.05, 0) is 70.1 Å². The Balaban J connectivity index is 1.51. The minimum absolute atomic E-state index is 0.323. The molecule has 2 aliphatic heterocycles. The Morgan fingerprint density at radius 1 is 1.07 bits per heavy atom. The summed E-state index contributed by atoms with van der Waals surface area (Å²) in [4.78, 5) is 9.81. The highest BCUT2D eigenvalue weighted by molar-refractivity contribution is 5.80. The number of aliphatic imine (C=N–C) groups is 1. The molecule has 0 saturated carbocycles. The van der Waals surface area contributed by atoms with Crippen LogP contribution >= 0.6 is 0 Å². The summed E-state index contributed by atoms with van der Waals surface area (Å²) < 4.78 is 0. The van der Waals surface area contributed by atoms with Gasteiger partial charge in [-0.1, -0.05) is 12.1 Å². The number of nitrogens with zero attached hydrogens (tertiary/aromatic N) is 3. The van der Waals surface area contributed by atoms with Crippen molar-refractivity contribution in [1.82, 2.24) is 15.5 Å². The molecule has 6 heteroatoms. The SMILES string of the molecule is CCNC(=NCc1ccc(N2CCC(CO)CC2)cc1)NC1CCN(C(C)C)CC1. The van der Waals surface area contributed by atoms with Crippen LogP contribution in [-0.2, 0) is 6.54 Å². The molecule has 3 rings (SSSR count). The standard InChI is InChI=1S/C24H41N5O/c1-4-25-24(27-22-11-15-28(16-12-22)19(2)3)26-17-20-5-7-23(8-6-20)29-13-9-21(18-30)10-14-29/h5-8,19,21-22,30H,4,9-18H2,1-3H3,(H2,25,26,27). The van der Waals surface area contributed by atoms with Crippen molar-refractivity contribution in [2.45, 2.75) is 65.1 Å². The zero-order valence-corrected chi connectivity index (χ0v) is 19.1. The molecular weight excluding hydrogens is 374 g/mol. The first-order valence-corrected chi connectivity index (χ1v) is 11.8. The third-order valence-corrected chi connectivity index (χ3v) is 6.54. The van der Waals surface area contributed by atoms with Gasteiger partial charge in [0.25, 0.3) is 0 Å². The van der Waals surface area contributed by atoms with E-state index in [2.05, 4.69) is 65.5 Å². The van der Waals surface area contributed by atoms with Crippen molar-refractivity contribution in [1.29, 1.82) is 0 Å². The zero-order chi connectivity index (χ0) is 21.3. The highest BCUT2D eigenvalue weighted by Crippen LogP contribution is 2.23. The Morgan fingerprint density at radius 3 is 2.30 bits per heavy atom. The first-order valence-electron chi connectivity index (χ1n) is 11.8. The smallest absolute Gasteiger partial charge is 0.191 e. The number of aliphatic hydroxyl groups is 1. The highest BCUT2D eigenvalue weighted by atomic mass is 16.3. The summed E-state index contributed by atoms with van der Waals surface area (Å²) in [6.45, 7) is 12.9. The normalized spacial score (nSPS) is 20.0. The van der Waals surface area contributed by atoms with E-state index in [0.29, 0.717) is 31.2 Å². The number of hydrogen-bond acceptors (Lipinski definition) is 4. The number of likely N-dealkylation sites (tertiary alicyclic amines) is 1. The molecule has 6 nitrogen and oxygen atoms in total. The van der Waals surface area contributed by atoms with Crippen LogP contribution in [-0.4, -0.2) is 67.4 Å². The molecule has 30 heavy (non-hydrogen) atoms. The van der Waals surface area contributed by atoms with Crippen LogP contribution < -0.4 is 15.5 Å². The van der Waals surface area contributed by atoms with Crippen LogP contribution in [0.1, 0.15) is 52.0 Å². The molecule has 0 amide bonds. The lowest BCUT2D eigenvalue weighted by Gasteiger charge is -2.35. The zero-order valence-electron chi connectivity index (χ0n) is 19.1. The summed E-state index contributed by atoms with van der Waals surface area (Å²) in [7, 11) is 0. The monoisotopic (exact) mass is 415 g/mol. The minimum atomic E-state index is 0.323. The maximum atomic E-state index is 9.32. The van der Waals surface area contributed by atoms with Crippen LogP contribution in [0.15, 0.2) is 29.3 Å². The molecule has 0 bridgehead atoms. The molecule has 168 valence electrons. The Hall–Kier alpha value is -1.79. The van der Waals surface area contributed by atoms with Crippen LogP contribution in [0, 0.1) is 5.92 Å². The molecule has 3 N–H and O–H groups in total. The third-order valence-electron chi connectivity index (χ3n) is 6.54. The molecule has 2 aliphatic rings. The molecular formula is C24H41N5O. The molecule has 0 radical (unpaired) electrons. The van der Waals surface area contributed by atoms with Gasteiger partial charge in [0.05, 0.1) is 6.54 Å². The second-order valence-electron chi connectivity index (χ2n) is 9.02. The molecule has 0 aromatic heterocycles. The van der Waals surface area contributed by atoms with Gasteiger partial charge in [-0.3, -0.25) is 0 Å². The van der Waals surface area contributed by atoms with Gasteiger partial charge >= 0.3 is 0 Å². The number of piperidine rings is 2. The van der Waals surface area contributed by atoms with Crippen molar-refractivity contribution in [3.05, 3.63) is 29.8 Å². The number of aliphatic hydroxyl groups excluding tert-OH is 1. The Labute approximate surface area is 182 Å². The Kier molecular flexibility index (Phi) is 8.82. The van der Waals surface area contributed by atoms with Gasteiger partial charge in [-0.25, -0.2) is 4.99 Å². The summed E-state index contributed by atoms with van der Waals surface area (Å²) >= 11 is 0. The van der Waals surface area contributed by atoms with Gasteiger partial charge in [-0.2, -0.15) is 0 Å². The van der Waals surface area contributed by atoms with E-state index in [1.807, 2.05) is 0 Å². The van der Waals surface area contributed by atoms with E-state index in [4.69, 9.17) is 4.99 Å². The number of rotatable bonds is 7. The number of nitrogens with one attached hydrogen (secondary N) is 2. The maximum absolute atomic E-state index is 9.32. The predicted molar refractivity (Wildman–Crippen MR) is 126 cm³/mol. The fourth-order valence-electron chi connectivity index (χ4n) is 4.43. The van der Waals surface area contributed by atoms with Crippen molar-refractivity contribution < 1.29 is 5.11 Å². The lowest BCUT2D eigenvalue weighted by atomic mass is 9.97. The van der Waals surface area contributed by atoms with E-state index in [1.165, 1.54) is 24.1 Å². The van der Waals surface area contributed by atoms with Crippen molar-refractivity contribution in [2.75, 3.05) is 44.2 Å². The van der Waals surface area contributed by atoms with Crippen LogP contribution in [0.2, 0.25) is 0 Å². The molecule has 0 spiro atoms. The van der Waals surface area contributed by atoms with Gasteiger partial charge in [0, 0.05) is 57.1 Å². The average molecular weight is 416 g/mol. The molecule has 2 saturated heterocycles. The van der Waals surface area contributed by atoms with Crippen molar-refractivity contribution in [2.24, 2.45) is 10.9 Å². The lowest BCUT2D eigenvalue weighted by molar-refractivity contribution is 0.167. The third kappa shape index (κ3) is 6.61. The molecule has 2 heterocycles. The van der Waals surface area contributed by atoms with Gasteiger partial charge in [0.15, 0.2) is 5.96 Å². The van der Waals surface area contributed by atoms with Crippen molar-refractivity contribution >= 4 is 11.6 Å². The number of hydrogen-bond donors (Lipinski definition) is 3. The van der Waals surface area contributed by atoms with Gasteiger partial charge < -0.3 is 25.5 Å². The average Bonchev–Trinajstić information content (AvgIpc) is 2.78. The van der Waals surface area contributed by atoms with E-state index in [9.17, 15) is 5.11 Å². The van der Waals surface area contributed by atoms with Gasteiger partial charge in [-0.15, -0.1) is 0 Å². The molecule has 0 unspecified atom stereocenters. The summed E-state index contributed by atoms with van der Waals surface area (Å²) in [6.07, 6.45) is 4.50. The molecule has 0 atom stereocenters. The van der Waals surface area contributed by atoms with E-state index < -0.39 is 0 Å². The van der Waals surface area contributed by atoms with Crippen molar-refractivity contribution in [3.8, 4) is 0 Å². The largest absolute Gasteiger partial charge is 0.396 e. The van der Waals surface area contributed by atoms with E-state index in [1.54, 1.807) is 0 Å². The molecule has 0 aliphatic carbocycles. The van der Waals surface area contributed by atoms with Crippen LogP contribution in [0.5, 0.6) is 0 Å². The number of anilines is 1. The van der Waals surface area contributed by atoms with Crippen LogP contribution in [0.3, 0.4) is 0 Å². The first kappa shape index (κ1) is 22.9. The van der Waals surface area contributed by atoms with Gasteiger partial charge in [0.2, 0.25) is 0 Å². The molecule has 2 fully saturated rings. The Bertz CT molecular complexity index is 644. The quantitative estimate of drug-likeness (QED) is 0.472. The Morgan fingerprint density at radius 2 is 1.73 bits per heavy atom. The van der Waals surface area contributed by atoms with Crippen LogP contribution in [0.25, 0.3) is 0 Å². The minimum Gasteiger partial charge on any atom is -0.396 e. The highest BCUT2D eigenvalue weighted by Gasteiger charge is 2.21. The summed E-state index contributed by atoms with van der Waals surface area (Å²) in [5, 5.41) is 16.4. The fourth-order valence-corrected chi connectivity index (χ4v) is 4.43. The summed E-state index contributed by atoms with van der Waals surface area (Å²) in [5.41, 5.74) is 2.51. The van der Waals surface area contributed by atoms with Gasteiger partial charge in [0.1, 0.15) is 0 Å². The van der Waals surface area contributed by atoms with E-state index in [0.717, 1.165) is 51.5 Å². The second kappa shape index (κ2) is 11.6. The predicted octanol–water partition coefficient (Wildman–Crippen LogP) is 2.82. The number of benzene rings is 1. The van der Waals surface area contributed by atoms with E-state index in [-0.39, 0.29) is 0 Å². The molecule has 1 aromatic rings. The van der Waals surface area contributed by atoms with Crippen LogP contribution in [0.4, 0.5) is 5.69 Å². The number of guanidine groups is 1.